The summed E-state index contributed by atoms with van der Waals surface area (Å²) in [5.74, 6) is 2.62. The molecule has 0 aliphatic rings. The van der Waals surface area contributed by atoms with Crippen molar-refractivity contribution >= 4 is 15.9 Å². The molecule has 0 N–H and O–H groups in total. The van der Waals surface area contributed by atoms with E-state index in [1.807, 2.05) is 13.0 Å². The first-order valence-electron chi connectivity index (χ1n) is 7.19. The fourth-order valence-corrected chi connectivity index (χ4v) is 2.41. The Balaban J connectivity index is 3.39. The van der Waals surface area contributed by atoms with Crippen molar-refractivity contribution < 1.29 is 0 Å². The lowest BCUT2D eigenvalue weighted by atomic mass is 10.0. The molecule has 0 radical (unpaired) electrons. The molecule has 0 saturated carbocycles. The molecule has 0 unspecified atom stereocenters. The van der Waals surface area contributed by atoms with E-state index in [4.69, 9.17) is 6.42 Å². The molecule has 0 aliphatic heterocycles. The summed E-state index contributed by atoms with van der Waals surface area (Å²) in [5, 5.41) is 1.15. The van der Waals surface area contributed by atoms with E-state index in [1.165, 1.54) is 56.9 Å². The SMILES string of the molecule is C#C/C=C(\C=C/C)CCCCCCCCCCBr. The van der Waals surface area contributed by atoms with Crippen LogP contribution >= 0.6 is 15.9 Å². The molecule has 0 rings (SSSR count). The largest absolute Gasteiger partial charge is 0.115 e. The van der Waals surface area contributed by atoms with Gasteiger partial charge >= 0.3 is 0 Å². The number of unbranched alkanes of at least 4 members (excludes halogenated alkanes) is 7. The normalized spacial score (nSPS) is 11.9. The predicted octanol–water partition coefficient (Wildman–Crippen LogP) is 6.03. The van der Waals surface area contributed by atoms with Gasteiger partial charge in [0.1, 0.15) is 0 Å². The number of allylic oxidation sites excluding steroid dienone is 4. The van der Waals surface area contributed by atoms with E-state index in [0.29, 0.717) is 0 Å². The molecular formula is C17H27Br. The van der Waals surface area contributed by atoms with Crippen molar-refractivity contribution in [1.29, 1.82) is 0 Å². The quantitative estimate of drug-likeness (QED) is 0.189. The first-order chi connectivity index (χ1) is 8.85. The summed E-state index contributed by atoms with van der Waals surface area (Å²) < 4.78 is 0. The van der Waals surface area contributed by atoms with E-state index in [2.05, 4.69) is 34.0 Å². The van der Waals surface area contributed by atoms with E-state index >= 15 is 0 Å². The maximum atomic E-state index is 5.31. The minimum absolute atomic E-state index is 1.12. The lowest BCUT2D eigenvalue weighted by molar-refractivity contribution is 0.577. The number of halogens is 1. The summed E-state index contributed by atoms with van der Waals surface area (Å²) in [4.78, 5) is 0. The van der Waals surface area contributed by atoms with E-state index < -0.39 is 0 Å². The molecule has 0 atom stereocenters. The van der Waals surface area contributed by atoms with Crippen LogP contribution < -0.4 is 0 Å². The van der Waals surface area contributed by atoms with Crippen LogP contribution in [0.4, 0.5) is 0 Å². The second-order valence-electron chi connectivity index (χ2n) is 4.65. The Morgan fingerprint density at radius 1 is 1.00 bits per heavy atom. The highest BCUT2D eigenvalue weighted by atomic mass is 79.9. The molecule has 0 aromatic rings. The lowest BCUT2D eigenvalue weighted by Crippen LogP contribution is -1.84. The highest BCUT2D eigenvalue weighted by Crippen LogP contribution is 2.13. The third kappa shape index (κ3) is 12.0. The molecule has 0 spiro atoms. The number of rotatable bonds is 11. The Kier molecular flexibility index (Phi) is 14.2. The van der Waals surface area contributed by atoms with Gasteiger partial charge < -0.3 is 0 Å². The zero-order valence-electron chi connectivity index (χ0n) is 11.8. The Hall–Kier alpha value is -0.480. The Morgan fingerprint density at radius 3 is 2.06 bits per heavy atom. The van der Waals surface area contributed by atoms with Crippen molar-refractivity contribution in [3.63, 3.8) is 0 Å². The average molecular weight is 311 g/mol. The van der Waals surface area contributed by atoms with E-state index in [0.717, 1.165) is 11.8 Å². The van der Waals surface area contributed by atoms with Crippen LogP contribution in [-0.4, -0.2) is 5.33 Å². The molecule has 0 fully saturated rings. The van der Waals surface area contributed by atoms with Gasteiger partial charge in [-0.1, -0.05) is 72.5 Å². The second kappa shape index (κ2) is 14.6. The zero-order chi connectivity index (χ0) is 13.5. The maximum Gasteiger partial charge on any atom is 0.00313 e. The molecule has 0 aliphatic carbocycles. The molecule has 0 nitrogen and oxygen atoms in total. The molecule has 0 bridgehead atoms. The standard InChI is InChI=1S/C17H27Br/c1-3-13-17(14-4-2)15-11-9-7-5-6-8-10-12-16-18/h1,4,13-14H,5-12,15-16H2,2H3/b14-4-,17-13+. The fourth-order valence-electron chi connectivity index (χ4n) is 2.01. The summed E-state index contributed by atoms with van der Waals surface area (Å²) in [5.41, 5.74) is 1.29. The second-order valence-corrected chi connectivity index (χ2v) is 5.45. The first-order valence-corrected chi connectivity index (χ1v) is 8.31. The van der Waals surface area contributed by atoms with Crippen molar-refractivity contribution in [2.24, 2.45) is 0 Å². The van der Waals surface area contributed by atoms with Gasteiger partial charge in [0.25, 0.3) is 0 Å². The van der Waals surface area contributed by atoms with Gasteiger partial charge in [0.05, 0.1) is 0 Å². The van der Waals surface area contributed by atoms with Gasteiger partial charge in [-0.2, -0.15) is 0 Å². The van der Waals surface area contributed by atoms with Gasteiger partial charge in [-0.3, -0.25) is 0 Å². The van der Waals surface area contributed by atoms with Crippen molar-refractivity contribution in [3.05, 3.63) is 23.8 Å². The summed E-state index contributed by atoms with van der Waals surface area (Å²) >= 11 is 3.47. The van der Waals surface area contributed by atoms with Crippen LogP contribution in [0.5, 0.6) is 0 Å². The highest BCUT2D eigenvalue weighted by Gasteiger charge is 1.94. The van der Waals surface area contributed by atoms with Crippen molar-refractivity contribution in [2.45, 2.75) is 64.7 Å². The number of alkyl halides is 1. The van der Waals surface area contributed by atoms with Gasteiger partial charge in [0.2, 0.25) is 0 Å². The van der Waals surface area contributed by atoms with Crippen LogP contribution in [0.3, 0.4) is 0 Å². The molecule has 0 aromatic carbocycles. The van der Waals surface area contributed by atoms with Gasteiger partial charge in [-0.15, -0.1) is 6.42 Å². The monoisotopic (exact) mass is 310 g/mol. The van der Waals surface area contributed by atoms with E-state index in [9.17, 15) is 0 Å². The van der Waals surface area contributed by atoms with Crippen molar-refractivity contribution in [1.82, 2.24) is 0 Å². The Bertz CT molecular complexity index is 268. The average Bonchev–Trinajstić information content (AvgIpc) is 2.37. The number of hydrogen-bond acceptors (Lipinski definition) is 0. The minimum Gasteiger partial charge on any atom is -0.115 e. The summed E-state index contributed by atoms with van der Waals surface area (Å²) in [7, 11) is 0. The number of terminal acetylenes is 1. The van der Waals surface area contributed by atoms with Crippen LogP contribution in [0.15, 0.2) is 23.8 Å². The first kappa shape index (κ1) is 17.5. The number of hydrogen-bond donors (Lipinski definition) is 0. The molecule has 0 heterocycles. The summed E-state index contributed by atoms with van der Waals surface area (Å²) in [6, 6.07) is 0. The molecule has 0 saturated heterocycles. The highest BCUT2D eigenvalue weighted by molar-refractivity contribution is 9.09. The predicted molar refractivity (Wildman–Crippen MR) is 87.1 cm³/mol. The van der Waals surface area contributed by atoms with E-state index in [-0.39, 0.29) is 0 Å². The third-order valence-corrected chi connectivity index (χ3v) is 3.56. The van der Waals surface area contributed by atoms with Gasteiger partial charge in [0, 0.05) is 5.33 Å². The molecule has 18 heavy (non-hydrogen) atoms. The van der Waals surface area contributed by atoms with Crippen LogP contribution in [0.25, 0.3) is 0 Å². The molecule has 0 amide bonds. The topological polar surface area (TPSA) is 0 Å². The molecule has 0 aromatic heterocycles. The summed E-state index contributed by atoms with van der Waals surface area (Å²) in [6.45, 7) is 2.04. The molecular weight excluding hydrogens is 284 g/mol. The van der Waals surface area contributed by atoms with Crippen LogP contribution in [-0.2, 0) is 0 Å². The lowest BCUT2D eigenvalue weighted by Gasteiger charge is -2.02. The van der Waals surface area contributed by atoms with Crippen LogP contribution in [0, 0.1) is 12.3 Å². The Labute approximate surface area is 122 Å². The zero-order valence-corrected chi connectivity index (χ0v) is 13.3. The van der Waals surface area contributed by atoms with Gasteiger partial charge in [-0.05, 0) is 37.8 Å². The van der Waals surface area contributed by atoms with E-state index in [1.54, 1.807) is 0 Å². The maximum absolute atomic E-state index is 5.31. The van der Waals surface area contributed by atoms with Crippen LogP contribution in [0.2, 0.25) is 0 Å². The molecule has 1 heteroatoms. The van der Waals surface area contributed by atoms with Crippen LogP contribution in [0.1, 0.15) is 64.7 Å². The summed E-state index contributed by atoms with van der Waals surface area (Å²) in [6.07, 6.45) is 23.4. The van der Waals surface area contributed by atoms with Gasteiger partial charge in [0.15, 0.2) is 0 Å². The third-order valence-electron chi connectivity index (χ3n) is 3.00. The Morgan fingerprint density at radius 2 is 1.56 bits per heavy atom. The smallest absolute Gasteiger partial charge is 0.00313 e. The fraction of sp³-hybridized carbons (Fsp3) is 0.647. The van der Waals surface area contributed by atoms with Crippen molar-refractivity contribution in [3.8, 4) is 12.3 Å². The molecule has 102 valence electrons. The minimum atomic E-state index is 1.12. The van der Waals surface area contributed by atoms with Crippen molar-refractivity contribution in [2.75, 3.05) is 5.33 Å². The van der Waals surface area contributed by atoms with Gasteiger partial charge in [-0.25, -0.2) is 0 Å².